The van der Waals surface area contributed by atoms with Crippen molar-refractivity contribution in [2.24, 2.45) is 5.92 Å². The number of carbonyl (C=O) groups excluding carboxylic acids is 1. The number of nitrogens with zero attached hydrogens (tertiary/aromatic N) is 2. The molecule has 0 spiro atoms. The van der Waals surface area contributed by atoms with Crippen LogP contribution in [0.25, 0.3) is 0 Å². The highest BCUT2D eigenvalue weighted by molar-refractivity contribution is 5.86. The van der Waals surface area contributed by atoms with E-state index in [1.165, 1.54) is 4.90 Å². The lowest BCUT2D eigenvalue weighted by Gasteiger charge is -2.22. The van der Waals surface area contributed by atoms with E-state index in [-0.39, 0.29) is 19.4 Å². The lowest BCUT2D eigenvalue weighted by atomic mass is 9.94. The van der Waals surface area contributed by atoms with Gasteiger partial charge < -0.3 is 25.2 Å². The molecule has 2 aromatic rings. The van der Waals surface area contributed by atoms with Gasteiger partial charge in [-0.1, -0.05) is 12.1 Å². The van der Waals surface area contributed by atoms with Crippen molar-refractivity contribution in [2.75, 3.05) is 25.0 Å². The molecular weight excluding hydrogens is 402 g/mol. The number of carboxylic acids is 2. The molecule has 1 aromatic heterocycles. The molecule has 1 atom stereocenters. The summed E-state index contributed by atoms with van der Waals surface area (Å²) >= 11 is 0. The number of rotatable bonds is 10. The third-order valence-electron chi connectivity index (χ3n) is 4.97. The molecule has 0 bridgehead atoms. The van der Waals surface area contributed by atoms with E-state index in [2.05, 4.69) is 10.3 Å². The van der Waals surface area contributed by atoms with E-state index in [4.69, 9.17) is 14.9 Å². The Balaban J connectivity index is 1.63. The number of amides is 1. The van der Waals surface area contributed by atoms with Crippen LogP contribution in [0, 0.1) is 5.92 Å². The summed E-state index contributed by atoms with van der Waals surface area (Å²) in [6.45, 7) is 0.797. The maximum atomic E-state index is 12.7. The molecule has 9 heteroatoms. The Morgan fingerprint density at radius 3 is 2.71 bits per heavy atom. The zero-order valence-electron chi connectivity index (χ0n) is 17.0. The number of aromatic nitrogens is 1. The molecule has 2 heterocycles. The van der Waals surface area contributed by atoms with E-state index in [0.717, 1.165) is 23.4 Å². The van der Waals surface area contributed by atoms with Gasteiger partial charge >= 0.3 is 11.9 Å². The van der Waals surface area contributed by atoms with Gasteiger partial charge in [0, 0.05) is 19.3 Å². The summed E-state index contributed by atoms with van der Waals surface area (Å²) in [6.07, 6.45) is 2.38. The Bertz CT molecular complexity index is 934. The van der Waals surface area contributed by atoms with Gasteiger partial charge in [-0.05, 0) is 48.2 Å². The molecule has 3 N–H and O–H groups in total. The van der Waals surface area contributed by atoms with Crippen molar-refractivity contribution >= 4 is 23.7 Å². The lowest BCUT2D eigenvalue weighted by Crippen LogP contribution is -2.38. The van der Waals surface area contributed by atoms with Crippen molar-refractivity contribution in [1.82, 2.24) is 9.88 Å². The first-order valence-electron chi connectivity index (χ1n) is 10.0. The lowest BCUT2D eigenvalue weighted by molar-refractivity contribution is -0.148. The van der Waals surface area contributed by atoms with E-state index in [1.54, 1.807) is 18.3 Å². The topological polar surface area (TPSA) is 129 Å². The van der Waals surface area contributed by atoms with Gasteiger partial charge in [-0.15, -0.1) is 0 Å². The van der Waals surface area contributed by atoms with Gasteiger partial charge in [0.2, 0.25) is 5.91 Å². The van der Waals surface area contributed by atoms with Crippen LogP contribution in [0.5, 0.6) is 5.75 Å². The molecule has 1 unspecified atom stereocenters. The highest BCUT2D eigenvalue weighted by Gasteiger charge is 2.32. The van der Waals surface area contributed by atoms with E-state index in [0.29, 0.717) is 18.9 Å². The van der Waals surface area contributed by atoms with Gasteiger partial charge in [-0.3, -0.25) is 14.4 Å². The SMILES string of the molecule is O=C(O)CC1Cc2ccc(OCCCNc3ccccn3)cc2CN(CC(=O)O)C1=O. The molecule has 1 aromatic carbocycles. The molecule has 0 saturated heterocycles. The maximum Gasteiger partial charge on any atom is 0.323 e. The number of benzene rings is 1. The van der Waals surface area contributed by atoms with Gasteiger partial charge in [0.15, 0.2) is 0 Å². The molecule has 3 rings (SSSR count). The first kappa shape index (κ1) is 22.1. The standard InChI is InChI=1S/C22H25N3O6/c26-20(27)12-16-10-15-5-6-18(11-17(15)13-25(22(16)30)14-21(28)29)31-9-3-8-24-19-4-1-2-7-23-19/h1-2,4-7,11,16H,3,8-10,12-14H2,(H,23,24)(H,26,27)(H,28,29). The number of fused-ring (bicyclic) bond motifs is 1. The second kappa shape index (κ2) is 10.4. The van der Waals surface area contributed by atoms with Crippen molar-refractivity contribution < 1.29 is 29.3 Å². The van der Waals surface area contributed by atoms with Crippen molar-refractivity contribution in [3.8, 4) is 5.75 Å². The van der Waals surface area contributed by atoms with E-state index >= 15 is 0 Å². The highest BCUT2D eigenvalue weighted by Crippen LogP contribution is 2.28. The van der Waals surface area contributed by atoms with Crippen LogP contribution in [-0.4, -0.2) is 57.6 Å². The largest absolute Gasteiger partial charge is 0.494 e. The Labute approximate surface area is 179 Å². The van der Waals surface area contributed by atoms with Crippen molar-refractivity contribution in [2.45, 2.75) is 25.8 Å². The Kier molecular flexibility index (Phi) is 7.42. The van der Waals surface area contributed by atoms with Crippen LogP contribution in [0.3, 0.4) is 0 Å². The normalized spacial score (nSPS) is 15.7. The van der Waals surface area contributed by atoms with Gasteiger partial charge in [-0.25, -0.2) is 4.98 Å². The molecule has 31 heavy (non-hydrogen) atoms. The van der Waals surface area contributed by atoms with Crippen LogP contribution < -0.4 is 10.1 Å². The first-order valence-corrected chi connectivity index (χ1v) is 10.0. The van der Waals surface area contributed by atoms with Crippen LogP contribution in [0.1, 0.15) is 24.0 Å². The van der Waals surface area contributed by atoms with Crippen molar-refractivity contribution in [1.29, 1.82) is 0 Å². The summed E-state index contributed by atoms with van der Waals surface area (Å²) in [5, 5.41) is 21.5. The Hall–Kier alpha value is -3.62. The number of ether oxygens (including phenoxy) is 1. The van der Waals surface area contributed by atoms with Gasteiger partial charge in [0.05, 0.1) is 18.9 Å². The average Bonchev–Trinajstić information content (AvgIpc) is 2.85. The van der Waals surface area contributed by atoms with Crippen LogP contribution in [-0.2, 0) is 27.3 Å². The molecule has 1 amide bonds. The third kappa shape index (κ3) is 6.43. The monoisotopic (exact) mass is 427 g/mol. The van der Waals surface area contributed by atoms with Crippen LogP contribution in [0.15, 0.2) is 42.6 Å². The fraction of sp³-hybridized carbons (Fsp3) is 0.364. The summed E-state index contributed by atoms with van der Waals surface area (Å²) in [4.78, 5) is 40.4. The Morgan fingerprint density at radius 1 is 1.16 bits per heavy atom. The van der Waals surface area contributed by atoms with Gasteiger partial charge in [0.1, 0.15) is 18.1 Å². The fourth-order valence-electron chi connectivity index (χ4n) is 3.55. The number of hydrogen-bond donors (Lipinski definition) is 3. The summed E-state index contributed by atoms with van der Waals surface area (Å²) in [5.74, 6) is -2.05. The molecule has 164 valence electrons. The maximum absolute atomic E-state index is 12.7. The van der Waals surface area contributed by atoms with Crippen LogP contribution in [0.4, 0.5) is 5.82 Å². The fourth-order valence-corrected chi connectivity index (χ4v) is 3.55. The summed E-state index contributed by atoms with van der Waals surface area (Å²) in [5.41, 5.74) is 1.60. The molecular formula is C22H25N3O6. The molecule has 0 fully saturated rings. The van der Waals surface area contributed by atoms with Gasteiger partial charge in [0.25, 0.3) is 0 Å². The summed E-state index contributed by atoms with van der Waals surface area (Å²) in [7, 11) is 0. The highest BCUT2D eigenvalue weighted by atomic mass is 16.5. The number of carbonyl (C=O) groups is 3. The number of hydrogen-bond acceptors (Lipinski definition) is 6. The van der Waals surface area contributed by atoms with E-state index in [9.17, 15) is 14.4 Å². The number of nitrogens with one attached hydrogen (secondary N) is 1. The molecule has 1 aliphatic heterocycles. The second-order valence-electron chi connectivity index (χ2n) is 7.36. The number of anilines is 1. The second-order valence-corrected chi connectivity index (χ2v) is 7.36. The van der Waals surface area contributed by atoms with Crippen LogP contribution >= 0.6 is 0 Å². The molecule has 0 aliphatic carbocycles. The predicted octanol–water partition coefficient (Wildman–Crippen LogP) is 2.02. The van der Waals surface area contributed by atoms with Crippen molar-refractivity contribution in [3.05, 3.63) is 53.7 Å². The summed E-state index contributed by atoms with van der Waals surface area (Å²) < 4.78 is 5.81. The molecule has 1 aliphatic rings. The molecule has 0 saturated carbocycles. The zero-order valence-corrected chi connectivity index (χ0v) is 17.0. The zero-order chi connectivity index (χ0) is 22.2. The predicted molar refractivity (Wildman–Crippen MR) is 112 cm³/mol. The third-order valence-corrected chi connectivity index (χ3v) is 4.97. The van der Waals surface area contributed by atoms with E-state index < -0.39 is 30.3 Å². The van der Waals surface area contributed by atoms with Crippen molar-refractivity contribution in [3.63, 3.8) is 0 Å². The number of aliphatic carboxylic acids is 2. The molecule has 9 nitrogen and oxygen atoms in total. The minimum Gasteiger partial charge on any atom is -0.494 e. The quantitative estimate of drug-likeness (QED) is 0.491. The minimum atomic E-state index is -1.14. The molecule has 0 radical (unpaired) electrons. The van der Waals surface area contributed by atoms with Gasteiger partial charge in [-0.2, -0.15) is 0 Å². The summed E-state index contributed by atoms with van der Waals surface area (Å²) in [6, 6.07) is 11.0. The minimum absolute atomic E-state index is 0.106. The number of pyridine rings is 1. The first-order chi connectivity index (χ1) is 14.9. The smallest absolute Gasteiger partial charge is 0.323 e. The Morgan fingerprint density at radius 2 is 2.00 bits per heavy atom. The number of carboxylic acid groups (broad SMARTS) is 2. The van der Waals surface area contributed by atoms with E-state index in [1.807, 2.05) is 24.3 Å². The van der Waals surface area contributed by atoms with Crippen LogP contribution in [0.2, 0.25) is 0 Å². The average molecular weight is 427 g/mol.